The van der Waals surface area contributed by atoms with Crippen molar-refractivity contribution in [3.8, 4) is 11.5 Å². The number of nitrogens with zero attached hydrogens (tertiary/aromatic N) is 1. The molecule has 0 aromatic heterocycles. The molecular weight excluding hydrogens is 422 g/mol. The molecule has 32 heavy (non-hydrogen) atoms. The molecule has 0 unspecified atom stereocenters. The Balaban J connectivity index is 0.00000363. The van der Waals surface area contributed by atoms with E-state index >= 15 is 0 Å². The Morgan fingerprint density at radius 2 is 1.38 bits per heavy atom. The van der Waals surface area contributed by atoms with E-state index in [1.807, 2.05) is 72.8 Å². The van der Waals surface area contributed by atoms with Crippen LogP contribution in [-0.4, -0.2) is 36.9 Å². The summed E-state index contributed by atoms with van der Waals surface area (Å²) in [5.41, 5.74) is 1.46. The minimum Gasteiger partial charge on any atom is -0.488 e. The zero-order valence-electron chi connectivity index (χ0n) is 18.6. The van der Waals surface area contributed by atoms with Crippen LogP contribution in [0.2, 0.25) is 0 Å². The molecule has 0 bridgehead atoms. The molecule has 3 rings (SSSR count). The van der Waals surface area contributed by atoms with Gasteiger partial charge in [0.15, 0.2) is 17.3 Å². The second-order valence-electron chi connectivity index (χ2n) is 7.04. The Kier molecular flexibility index (Phi) is 10.5. The summed E-state index contributed by atoms with van der Waals surface area (Å²) in [5.74, 6) is 1.21. The Labute approximate surface area is 196 Å². The number of ether oxygens (including phenoxy) is 2. The van der Waals surface area contributed by atoms with Gasteiger partial charge in [-0.1, -0.05) is 86.6 Å². The topological polar surface area (TPSA) is 38.8 Å². The summed E-state index contributed by atoms with van der Waals surface area (Å²) in [6.45, 7) is 7.61. The van der Waals surface area contributed by atoms with Crippen LogP contribution in [0.5, 0.6) is 11.5 Å². The third-order valence-electron chi connectivity index (χ3n) is 4.99. The molecule has 0 aliphatic heterocycles. The number of halogens is 1. The van der Waals surface area contributed by atoms with E-state index in [1.165, 1.54) is 0 Å². The average Bonchev–Trinajstić information content (AvgIpc) is 2.83. The highest BCUT2D eigenvalue weighted by atomic mass is 35.5. The first kappa shape index (κ1) is 25.2. The molecule has 0 radical (unpaired) electrons. The molecule has 5 heteroatoms. The molecule has 0 saturated heterocycles. The standard InChI is InChI=1S/C27H29NO3.ClH/c1-3-28(4-2)19-20-30-24-17-11-12-18-25(24)31-26(21-22-13-7-5-8-14-22)27(29)23-15-9-6-10-16-23;/h5-18,21H,3-4,19-20H2,1-2H3;1H/b26-21-;. The fourth-order valence-corrected chi connectivity index (χ4v) is 3.17. The van der Waals surface area contributed by atoms with Crippen molar-refractivity contribution in [2.75, 3.05) is 26.2 Å². The van der Waals surface area contributed by atoms with E-state index in [-0.39, 0.29) is 23.9 Å². The molecule has 0 fully saturated rings. The lowest BCUT2D eigenvalue weighted by Crippen LogP contribution is -2.28. The normalized spacial score (nSPS) is 11.0. The molecule has 0 N–H and O–H groups in total. The first-order valence-corrected chi connectivity index (χ1v) is 10.7. The van der Waals surface area contributed by atoms with E-state index < -0.39 is 0 Å². The summed E-state index contributed by atoms with van der Waals surface area (Å²) >= 11 is 0. The Hall–Kier alpha value is -3.08. The van der Waals surface area contributed by atoms with Gasteiger partial charge in [-0.05, 0) is 36.9 Å². The quantitative estimate of drug-likeness (QED) is 0.199. The van der Waals surface area contributed by atoms with Gasteiger partial charge in [0.25, 0.3) is 0 Å². The number of ketones is 1. The minimum atomic E-state index is -0.178. The van der Waals surface area contributed by atoms with Crippen LogP contribution in [0.4, 0.5) is 0 Å². The maximum Gasteiger partial charge on any atom is 0.228 e. The highest BCUT2D eigenvalue weighted by Crippen LogP contribution is 2.29. The van der Waals surface area contributed by atoms with Crippen molar-refractivity contribution < 1.29 is 14.3 Å². The molecule has 0 atom stereocenters. The monoisotopic (exact) mass is 451 g/mol. The van der Waals surface area contributed by atoms with Crippen LogP contribution >= 0.6 is 12.4 Å². The van der Waals surface area contributed by atoms with Crippen LogP contribution in [0.3, 0.4) is 0 Å². The number of allylic oxidation sites excluding steroid dienone is 1. The summed E-state index contributed by atoms with van der Waals surface area (Å²) in [4.78, 5) is 15.5. The number of likely N-dealkylation sites (N-methyl/N-ethyl adjacent to an activating group) is 1. The van der Waals surface area contributed by atoms with Gasteiger partial charge in [-0.2, -0.15) is 0 Å². The van der Waals surface area contributed by atoms with Gasteiger partial charge in [0.1, 0.15) is 6.61 Å². The SMILES string of the molecule is CCN(CC)CCOc1ccccc1O/C(=C\c1ccccc1)C(=O)c1ccccc1.Cl. The third-order valence-corrected chi connectivity index (χ3v) is 4.99. The van der Waals surface area contributed by atoms with Gasteiger partial charge in [0, 0.05) is 12.1 Å². The van der Waals surface area contributed by atoms with E-state index in [0.717, 1.165) is 25.2 Å². The third kappa shape index (κ3) is 7.26. The van der Waals surface area contributed by atoms with E-state index in [4.69, 9.17) is 9.47 Å². The summed E-state index contributed by atoms with van der Waals surface area (Å²) in [6.07, 6.45) is 1.77. The number of rotatable bonds is 11. The smallest absolute Gasteiger partial charge is 0.228 e. The number of carbonyl (C=O) groups is 1. The van der Waals surface area contributed by atoms with Crippen LogP contribution in [0.25, 0.3) is 6.08 Å². The number of Topliss-reactive ketones (excluding diaryl/α,β-unsaturated/α-hetero) is 1. The van der Waals surface area contributed by atoms with Gasteiger partial charge < -0.3 is 14.4 Å². The number of carbonyl (C=O) groups excluding carboxylic acids is 1. The summed E-state index contributed by atoms with van der Waals surface area (Å²) < 4.78 is 12.2. The number of hydrogen-bond acceptors (Lipinski definition) is 4. The molecular formula is C27H30ClNO3. The first-order valence-electron chi connectivity index (χ1n) is 10.7. The summed E-state index contributed by atoms with van der Waals surface area (Å²) in [6, 6.07) is 26.3. The van der Waals surface area contributed by atoms with Crippen molar-refractivity contribution in [1.82, 2.24) is 4.90 Å². The maximum absolute atomic E-state index is 13.2. The minimum absolute atomic E-state index is 0. The zero-order chi connectivity index (χ0) is 21.9. The average molecular weight is 452 g/mol. The fourth-order valence-electron chi connectivity index (χ4n) is 3.17. The Bertz CT molecular complexity index is 986. The molecule has 0 aliphatic carbocycles. The second-order valence-corrected chi connectivity index (χ2v) is 7.04. The van der Waals surface area contributed by atoms with Gasteiger partial charge in [0.05, 0.1) is 0 Å². The molecule has 0 saturated carbocycles. The van der Waals surface area contributed by atoms with Crippen LogP contribution in [-0.2, 0) is 0 Å². The van der Waals surface area contributed by atoms with Crippen molar-refractivity contribution in [2.24, 2.45) is 0 Å². The van der Waals surface area contributed by atoms with Gasteiger partial charge in [-0.3, -0.25) is 4.79 Å². The molecule has 0 spiro atoms. The maximum atomic E-state index is 13.2. The highest BCUT2D eigenvalue weighted by Gasteiger charge is 2.17. The lowest BCUT2D eigenvalue weighted by molar-refractivity contribution is 0.0987. The predicted octanol–water partition coefficient (Wildman–Crippen LogP) is 6.13. The highest BCUT2D eigenvalue weighted by molar-refractivity contribution is 6.10. The van der Waals surface area contributed by atoms with Crippen LogP contribution in [0, 0.1) is 0 Å². The molecule has 0 heterocycles. The second kappa shape index (κ2) is 13.4. The van der Waals surface area contributed by atoms with E-state index in [0.29, 0.717) is 23.7 Å². The lowest BCUT2D eigenvalue weighted by atomic mass is 10.1. The van der Waals surface area contributed by atoms with Crippen LogP contribution in [0.15, 0.2) is 90.7 Å². The number of hydrogen-bond donors (Lipinski definition) is 0. The largest absolute Gasteiger partial charge is 0.488 e. The Morgan fingerprint density at radius 1 is 0.812 bits per heavy atom. The van der Waals surface area contributed by atoms with Crippen LogP contribution in [0.1, 0.15) is 29.8 Å². The van der Waals surface area contributed by atoms with Gasteiger partial charge >= 0.3 is 0 Å². The molecule has 168 valence electrons. The van der Waals surface area contributed by atoms with E-state index in [9.17, 15) is 4.79 Å². The lowest BCUT2D eigenvalue weighted by Gasteiger charge is -2.19. The van der Waals surface area contributed by atoms with Crippen molar-refractivity contribution in [1.29, 1.82) is 0 Å². The fraction of sp³-hybridized carbons (Fsp3) is 0.222. The van der Waals surface area contributed by atoms with Gasteiger partial charge in [-0.25, -0.2) is 0 Å². The van der Waals surface area contributed by atoms with Crippen LogP contribution < -0.4 is 9.47 Å². The summed E-state index contributed by atoms with van der Waals surface area (Å²) in [7, 11) is 0. The Morgan fingerprint density at radius 3 is 2.00 bits per heavy atom. The van der Waals surface area contributed by atoms with Crippen molar-refractivity contribution in [2.45, 2.75) is 13.8 Å². The van der Waals surface area contributed by atoms with E-state index in [1.54, 1.807) is 18.2 Å². The van der Waals surface area contributed by atoms with Crippen molar-refractivity contribution in [3.05, 3.63) is 102 Å². The van der Waals surface area contributed by atoms with Gasteiger partial charge in [-0.15, -0.1) is 12.4 Å². The van der Waals surface area contributed by atoms with E-state index in [2.05, 4.69) is 18.7 Å². The molecule has 0 amide bonds. The molecule has 4 nitrogen and oxygen atoms in total. The van der Waals surface area contributed by atoms with Crippen molar-refractivity contribution >= 4 is 24.3 Å². The zero-order valence-corrected chi connectivity index (χ0v) is 19.4. The first-order chi connectivity index (χ1) is 15.2. The van der Waals surface area contributed by atoms with Gasteiger partial charge in [0.2, 0.25) is 5.78 Å². The van der Waals surface area contributed by atoms with Crippen molar-refractivity contribution in [3.63, 3.8) is 0 Å². The number of benzene rings is 3. The molecule has 0 aliphatic rings. The molecule has 3 aromatic rings. The molecule has 3 aromatic carbocycles. The summed E-state index contributed by atoms with van der Waals surface area (Å²) in [5, 5.41) is 0. The number of para-hydroxylation sites is 2. The predicted molar refractivity (Wildman–Crippen MR) is 133 cm³/mol.